The molecule has 1 aliphatic rings. The fraction of sp³-hybridized carbons (Fsp3) is 0.562. The Labute approximate surface area is 145 Å². The van der Waals surface area contributed by atoms with Crippen molar-refractivity contribution in [3.8, 4) is 0 Å². The number of halogens is 2. The number of nitrogens with zero attached hydrogens (tertiary/aromatic N) is 1. The molecule has 1 fully saturated rings. The standard InChI is InChI=1S/C16H22ClIN2O/c1-2-3-8-20-9-6-13(7-10-20)19-16(21)14-11-12(17)4-5-15(14)18/h4-5,11,13H,2-3,6-10H2,1H3,(H,19,21). The number of benzene rings is 1. The minimum atomic E-state index is -0.00564. The molecule has 0 aliphatic carbocycles. The van der Waals surface area contributed by atoms with Crippen molar-refractivity contribution in [1.29, 1.82) is 0 Å². The molecule has 0 saturated carbocycles. The Bertz CT molecular complexity index is 487. The quantitative estimate of drug-likeness (QED) is 0.732. The van der Waals surface area contributed by atoms with Crippen LogP contribution in [-0.4, -0.2) is 36.5 Å². The topological polar surface area (TPSA) is 32.3 Å². The Balaban J connectivity index is 1.85. The molecule has 2 rings (SSSR count). The van der Waals surface area contributed by atoms with Gasteiger partial charge in [0, 0.05) is 27.7 Å². The van der Waals surface area contributed by atoms with Crippen LogP contribution in [0.25, 0.3) is 0 Å². The van der Waals surface area contributed by atoms with Gasteiger partial charge in [-0.2, -0.15) is 0 Å². The number of unbranched alkanes of at least 4 members (excludes halogenated alkanes) is 1. The summed E-state index contributed by atoms with van der Waals surface area (Å²) in [5.41, 5.74) is 0.677. The van der Waals surface area contributed by atoms with Gasteiger partial charge in [0.25, 0.3) is 5.91 Å². The minimum Gasteiger partial charge on any atom is -0.349 e. The average Bonchev–Trinajstić information content (AvgIpc) is 2.49. The van der Waals surface area contributed by atoms with Crippen molar-refractivity contribution in [2.45, 2.75) is 38.6 Å². The van der Waals surface area contributed by atoms with Gasteiger partial charge in [-0.25, -0.2) is 0 Å². The fourth-order valence-corrected chi connectivity index (χ4v) is 3.37. The van der Waals surface area contributed by atoms with E-state index in [1.165, 1.54) is 19.4 Å². The lowest BCUT2D eigenvalue weighted by atomic mass is 10.0. The van der Waals surface area contributed by atoms with Gasteiger partial charge in [0.1, 0.15) is 0 Å². The van der Waals surface area contributed by atoms with Crippen molar-refractivity contribution < 1.29 is 4.79 Å². The SMILES string of the molecule is CCCCN1CCC(NC(=O)c2cc(Cl)ccc2I)CC1. The van der Waals surface area contributed by atoms with Gasteiger partial charge in [0.05, 0.1) is 5.56 Å². The molecule has 21 heavy (non-hydrogen) atoms. The summed E-state index contributed by atoms with van der Waals surface area (Å²) in [6.45, 7) is 5.57. The fourth-order valence-electron chi connectivity index (χ4n) is 2.62. The van der Waals surface area contributed by atoms with Crippen molar-refractivity contribution in [3.05, 3.63) is 32.4 Å². The maximum absolute atomic E-state index is 12.4. The lowest BCUT2D eigenvalue weighted by molar-refractivity contribution is 0.0910. The predicted molar refractivity (Wildman–Crippen MR) is 96.0 cm³/mol. The number of carbonyl (C=O) groups is 1. The van der Waals surface area contributed by atoms with Crippen LogP contribution in [0.15, 0.2) is 18.2 Å². The minimum absolute atomic E-state index is 0.00564. The molecule has 0 unspecified atom stereocenters. The Morgan fingerprint density at radius 2 is 2.14 bits per heavy atom. The summed E-state index contributed by atoms with van der Waals surface area (Å²) >= 11 is 8.16. The van der Waals surface area contributed by atoms with Crippen molar-refractivity contribution >= 4 is 40.1 Å². The van der Waals surface area contributed by atoms with E-state index in [4.69, 9.17) is 11.6 Å². The van der Waals surface area contributed by atoms with E-state index < -0.39 is 0 Å². The Morgan fingerprint density at radius 1 is 1.43 bits per heavy atom. The summed E-state index contributed by atoms with van der Waals surface area (Å²) in [6, 6.07) is 5.72. The number of nitrogens with one attached hydrogen (secondary N) is 1. The van der Waals surface area contributed by atoms with Gasteiger partial charge in [-0.05, 0) is 66.6 Å². The first-order valence-electron chi connectivity index (χ1n) is 7.58. The average molecular weight is 421 g/mol. The van der Waals surface area contributed by atoms with Crippen LogP contribution < -0.4 is 5.32 Å². The van der Waals surface area contributed by atoms with Gasteiger partial charge in [-0.15, -0.1) is 0 Å². The first-order chi connectivity index (χ1) is 10.1. The highest BCUT2D eigenvalue weighted by Gasteiger charge is 2.21. The molecule has 5 heteroatoms. The van der Waals surface area contributed by atoms with Crippen LogP contribution in [0, 0.1) is 3.57 Å². The summed E-state index contributed by atoms with van der Waals surface area (Å²) in [5.74, 6) is -0.00564. The summed E-state index contributed by atoms with van der Waals surface area (Å²) in [5, 5.41) is 3.76. The van der Waals surface area contributed by atoms with Crippen LogP contribution in [0.4, 0.5) is 0 Å². The molecule has 1 aromatic carbocycles. The van der Waals surface area contributed by atoms with E-state index in [9.17, 15) is 4.79 Å². The molecule has 0 radical (unpaired) electrons. The monoisotopic (exact) mass is 420 g/mol. The summed E-state index contributed by atoms with van der Waals surface area (Å²) < 4.78 is 0.940. The molecule has 1 saturated heterocycles. The van der Waals surface area contributed by atoms with Gasteiger partial charge < -0.3 is 10.2 Å². The number of hydrogen-bond acceptors (Lipinski definition) is 2. The first kappa shape index (κ1) is 17.0. The van der Waals surface area contributed by atoms with Gasteiger partial charge in [0.2, 0.25) is 0 Å². The highest BCUT2D eigenvalue weighted by Crippen LogP contribution is 2.19. The van der Waals surface area contributed by atoms with E-state index in [0.717, 1.165) is 29.5 Å². The molecule has 0 spiro atoms. The molecule has 1 aliphatic heterocycles. The van der Waals surface area contributed by atoms with Gasteiger partial charge in [-0.1, -0.05) is 24.9 Å². The third-order valence-electron chi connectivity index (χ3n) is 3.92. The maximum Gasteiger partial charge on any atom is 0.252 e. The number of carbonyl (C=O) groups excluding carboxylic acids is 1. The van der Waals surface area contributed by atoms with Crippen LogP contribution in [0.1, 0.15) is 43.0 Å². The molecule has 1 heterocycles. The highest BCUT2D eigenvalue weighted by atomic mass is 127. The van der Waals surface area contributed by atoms with E-state index in [0.29, 0.717) is 10.6 Å². The van der Waals surface area contributed by atoms with Crippen LogP contribution in [0.2, 0.25) is 5.02 Å². The van der Waals surface area contributed by atoms with E-state index in [2.05, 4.69) is 39.7 Å². The molecule has 0 aromatic heterocycles. The molecule has 116 valence electrons. The molecule has 1 aromatic rings. The Kier molecular flexibility index (Phi) is 6.76. The first-order valence-corrected chi connectivity index (χ1v) is 9.04. The van der Waals surface area contributed by atoms with E-state index >= 15 is 0 Å². The lowest BCUT2D eigenvalue weighted by Crippen LogP contribution is -2.45. The second-order valence-electron chi connectivity index (χ2n) is 5.57. The zero-order chi connectivity index (χ0) is 15.2. The van der Waals surface area contributed by atoms with E-state index in [1.54, 1.807) is 6.07 Å². The van der Waals surface area contributed by atoms with Crippen LogP contribution in [0.5, 0.6) is 0 Å². The number of likely N-dealkylation sites (tertiary alicyclic amines) is 1. The van der Waals surface area contributed by atoms with Crippen molar-refractivity contribution in [2.75, 3.05) is 19.6 Å². The second-order valence-corrected chi connectivity index (χ2v) is 7.17. The molecule has 0 atom stereocenters. The number of amides is 1. The third-order valence-corrected chi connectivity index (χ3v) is 5.10. The van der Waals surface area contributed by atoms with Gasteiger partial charge >= 0.3 is 0 Å². The van der Waals surface area contributed by atoms with Gasteiger partial charge in [0.15, 0.2) is 0 Å². The van der Waals surface area contributed by atoms with Gasteiger partial charge in [-0.3, -0.25) is 4.79 Å². The van der Waals surface area contributed by atoms with Crippen LogP contribution in [-0.2, 0) is 0 Å². The smallest absolute Gasteiger partial charge is 0.252 e. The maximum atomic E-state index is 12.4. The summed E-state index contributed by atoms with van der Waals surface area (Å²) in [7, 11) is 0. The van der Waals surface area contributed by atoms with Crippen LogP contribution >= 0.6 is 34.2 Å². The van der Waals surface area contributed by atoms with Crippen molar-refractivity contribution in [1.82, 2.24) is 10.2 Å². The Morgan fingerprint density at radius 3 is 2.81 bits per heavy atom. The zero-order valence-electron chi connectivity index (χ0n) is 12.4. The number of rotatable bonds is 5. The van der Waals surface area contributed by atoms with Crippen molar-refractivity contribution in [2.24, 2.45) is 0 Å². The summed E-state index contributed by atoms with van der Waals surface area (Å²) in [6.07, 6.45) is 4.57. The molecular formula is C16H22ClIN2O. The molecular weight excluding hydrogens is 399 g/mol. The van der Waals surface area contributed by atoms with Crippen molar-refractivity contribution in [3.63, 3.8) is 0 Å². The second kappa shape index (κ2) is 8.34. The zero-order valence-corrected chi connectivity index (χ0v) is 15.3. The van der Waals surface area contributed by atoms with E-state index in [-0.39, 0.29) is 11.9 Å². The largest absolute Gasteiger partial charge is 0.349 e. The molecule has 1 amide bonds. The predicted octanol–water partition coefficient (Wildman–Crippen LogP) is 3.94. The van der Waals surface area contributed by atoms with E-state index in [1.807, 2.05) is 12.1 Å². The third kappa shape index (κ3) is 5.11. The molecule has 1 N–H and O–H groups in total. The van der Waals surface area contributed by atoms with Crippen LogP contribution in [0.3, 0.4) is 0 Å². The molecule has 0 bridgehead atoms. The highest BCUT2D eigenvalue weighted by molar-refractivity contribution is 14.1. The number of hydrogen-bond donors (Lipinski definition) is 1. The summed E-state index contributed by atoms with van der Waals surface area (Å²) in [4.78, 5) is 14.8. The molecule has 3 nitrogen and oxygen atoms in total. The lowest BCUT2D eigenvalue weighted by Gasteiger charge is -2.32. The normalized spacial score (nSPS) is 16.9. The Hall–Kier alpha value is -0.330. The number of piperidine rings is 1.